The molecule has 0 saturated heterocycles. The smallest absolute Gasteiger partial charge is 0.321 e. The van der Waals surface area contributed by atoms with Crippen LogP contribution in [0.1, 0.15) is 5.56 Å². The number of hydrogen-bond donors (Lipinski definition) is 2. The van der Waals surface area contributed by atoms with Crippen LogP contribution in [-0.2, 0) is 5.92 Å². The van der Waals surface area contributed by atoms with Crippen molar-refractivity contribution in [3.8, 4) is 5.19 Å². The predicted molar refractivity (Wildman–Crippen MR) is 73.8 cm³/mol. The second-order valence-electron chi connectivity index (χ2n) is 4.10. The Morgan fingerprint density at radius 1 is 1.41 bits per heavy atom. The molecule has 2 rings (SSSR count). The van der Waals surface area contributed by atoms with Crippen molar-refractivity contribution in [2.45, 2.75) is 5.92 Å². The van der Waals surface area contributed by atoms with Gasteiger partial charge in [0.2, 0.25) is 5.13 Å². The number of urea groups is 1. The molecule has 118 valence electrons. The molecule has 0 bridgehead atoms. The molecule has 2 N–H and O–H groups in total. The Balaban J connectivity index is 1.92. The zero-order valence-corrected chi connectivity index (χ0v) is 12.1. The largest absolute Gasteiger partial charge is 0.472 e. The molecule has 1 aromatic heterocycles. The molecule has 0 radical (unpaired) electrons. The van der Waals surface area contributed by atoms with Gasteiger partial charge >= 0.3 is 6.03 Å². The molecule has 6 nitrogen and oxygen atoms in total. The Morgan fingerprint density at radius 2 is 2.18 bits per heavy atom. The van der Waals surface area contributed by atoms with Crippen LogP contribution in [0.25, 0.3) is 0 Å². The summed E-state index contributed by atoms with van der Waals surface area (Å²) in [4.78, 5) is 11.5. The number of aromatic nitrogens is 2. The van der Waals surface area contributed by atoms with Crippen LogP contribution in [0.2, 0.25) is 0 Å². The van der Waals surface area contributed by atoms with Crippen molar-refractivity contribution in [2.75, 3.05) is 19.0 Å². The van der Waals surface area contributed by atoms with Crippen LogP contribution in [-0.4, -0.2) is 29.9 Å². The summed E-state index contributed by atoms with van der Waals surface area (Å²) in [6.45, 7) is -0.988. The van der Waals surface area contributed by atoms with E-state index in [4.69, 9.17) is 4.74 Å². The average Bonchev–Trinajstić information content (AvgIpc) is 2.93. The third-order valence-corrected chi connectivity index (χ3v) is 3.32. The van der Waals surface area contributed by atoms with Gasteiger partial charge in [-0.3, -0.25) is 5.32 Å². The van der Waals surface area contributed by atoms with Crippen molar-refractivity contribution >= 4 is 22.5 Å². The first-order chi connectivity index (χ1) is 10.4. The van der Waals surface area contributed by atoms with Gasteiger partial charge in [0.1, 0.15) is 5.82 Å². The maximum atomic E-state index is 13.8. The van der Waals surface area contributed by atoms with Crippen LogP contribution >= 0.6 is 11.3 Å². The van der Waals surface area contributed by atoms with Gasteiger partial charge in [0.25, 0.3) is 11.1 Å². The van der Waals surface area contributed by atoms with Gasteiger partial charge in [-0.15, -0.1) is 5.10 Å². The summed E-state index contributed by atoms with van der Waals surface area (Å²) in [5.41, 5.74) is -0.523. The van der Waals surface area contributed by atoms with E-state index in [1.54, 1.807) is 0 Å². The highest BCUT2D eigenvalue weighted by Crippen LogP contribution is 2.27. The van der Waals surface area contributed by atoms with E-state index in [1.807, 2.05) is 5.32 Å². The topological polar surface area (TPSA) is 76.1 Å². The number of amides is 2. The molecule has 0 aliphatic rings. The third kappa shape index (κ3) is 4.07. The van der Waals surface area contributed by atoms with Gasteiger partial charge in [-0.05, 0) is 23.5 Å². The number of nitrogens with zero attached hydrogens (tertiary/aromatic N) is 2. The van der Waals surface area contributed by atoms with Gasteiger partial charge in [0.15, 0.2) is 0 Å². The van der Waals surface area contributed by atoms with Crippen molar-refractivity contribution < 1.29 is 22.7 Å². The van der Waals surface area contributed by atoms with Crippen molar-refractivity contribution in [1.29, 1.82) is 0 Å². The zero-order valence-electron chi connectivity index (χ0n) is 11.3. The number of hydrogen-bond acceptors (Lipinski definition) is 5. The van der Waals surface area contributed by atoms with Crippen LogP contribution in [0.15, 0.2) is 24.3 Å². The summed E-state index contributed by atoms with van der Waals surface area (Å²) < 4.78 is 45.4. The summed E-state index contributed by atoms with van der Waals surface area (Å²) in [7, 11) is 1.38. The molecule has 1 aromatic carbocycles. The second kappa shape index (κ2) is 6.60. The number of ether oxygens (including phenoxy) is 1. The number of anilines is 1. The number of carbonyl (C=O) groups excluding carboxylic acids is 1. The first-order valence-electron chi connectivity index (χ1n) is 5.97. The molecule has 0 spiro atoms. The zero-order chi connectivity index (χ0) is 16.2. The summed E-state index contributed by atoms with van der Waals surface area (Å²) >= 11 is 0.939. The summed E-state index contributed by atoms with van der Waals surface area (Å²) in [5.74, 6) is -4.18. The molecule has 2 amide bonds. The number of carbonyl (C=O) groups is 1. The van der Waals surface area contributed by atoms with Crippen LogP contribution < -0.4 is 15.4 Å². The van der Waals surface area contributed by atoms with Crippen molar-refractivity contribution in [3.05, 3.63) is 35.6 Å². The Labute approximate surface area is 127 Å². The minimum absolute atomic E-state index is 0.100. The minimum atomic E-state index is -3.40. The quantitative estimate of drug-likeness (QED) is 0.882. The normalized spacial score (nSPS) is 11.1. The first-order valence-corrected chi connectivity index (χ1v) is 6.78. The van der Waals surface area contributed by atoms with Gasteiger partial charge in [0.05, 0.1) is 13.7 Å². The average molecular weight is 332 g/mol. The van der Waals surface area contributed by atoms with Gasteiger partial charge in [-0.2, -0.15) is 8.78 Å². The standard InChI is InChI=1S/C12H11F3N4O2S/c1-21-11-19-18-10(22-11)17-9(20)16-6-12(14,15)7-3-2-4-8(13)5-7/h2-5H,6H2,1H3,(H2,16,17,18,20). The van der Waals surface area contributed by atoms with Gasteiger partial charge in [-0.1, -0.05) is 17.2 Å². The molecule has 0 unspecified atom stereocenters. The lowest BCUT2D eigenvalue weighted by molar-refractivity contribution is -0.000372. The SMILES string of the molecule is COc1nnc(NC(=O)NCC(F)(F)c2cccc(F)c2)s1. The van der Waals surface area contributed by atoms with Crippen molar-refractivity contribution in [2.24, 2.45) is 0 Å². The van der Waals surface area contributed by atoms with Gasteiger partial charge < -0.3 is 10.1 Å². The van der Waals surface area contributed by atoms with Crippen LogP contribution in [0, 0.1) is 5.82 Å². The molecular formula is C12H11F3N4O2S. The highest BCUT2D eigenvalue weighted by Gasteiger charge is 2.32. The van der Waals surface area contributed by atoms with Crippen LogP contribution in [0.5, 0.6) is 5.19 Å². The van der Waals surface area contributed by atoms with E-state index >= 15 is 0 Å². The highest BCUT2D eigenvalue weighted by atomic mass is 32.1. The molecule has 1 heterocycles. The minimum Gasteiger partial charge on any atom is -0.472 e. The number of methoxy groups -OCH3 is 1. The lowest BCUT2D eigenvalue weighted by atomic mass is 10.1. The van der Waals surface area contributed by atoms with E-state index in [-0.39, 0.29) is 10.3 Å². The molecule has 10 heteroatoms. The van der Waals surface area contributed by atoms with E-state index in [0.717, 1.165) is 29.5 Å². The van der Waals surface area contributed by atoms with Gasteiger partial charge in [-0.25, -0.2) is 9.18 Å². The molecule has 0 aliphatic heterocycles. The van der Waals surface area contributed by atoms with Crippen LogP contribution in [0.3, 0.4) is 0 Å². The highest BCUT2D eigenvalue weighted by molar-refractivity contribution is 7.17. The Kier molecular flexibility index (Phi) is 4.81. The fraction of sp³-hybridized carbons (Fsp3) is 0.250. The molecule has 22 heavy (non-hydrogen) atoms. The summed E-state index contributed by atoms with van der Waals surface area (Å²) in [6, 6.07) is 3.15. The molecule has 0 aliphatic carbocycles. The number of nitrogens with one attached hydrogen (secondary N) is 2. The number of benzene rings is 1. The Morgan fingerprint density at radius 3 is 2.82 bits per heavy atom. The fourth-order valence-electron chi connectivity index (χ4n) is 1.49. The Hall–Kier alpha value is -2.36. The van der Waals surface area contributed by atoms with E-state index in [2.05, 4.69) is 15.5 Å². The second-order valence-corrected chi connectivity index (χ2v) is 5.04. The fourth-order valence-corrected chi connectivity index (χ4v) is 2.05. The molecule has 0 saturated carbocycles. The summed E-state index contributed by atoms with van der Waals surface area (Å²) in [6.07, 6.45) is 0. The maximum absolute atomic E-state index is 13.8. The van der Waals surface area contributed by atoms with Crippen molar-refractivity contribution in [1.82, 2.24) is 15.5 Å². The van der Waals surface area contributed by atoms with E-state index < -0.39 is 29.9 Å². The number of rotatable bonds is 5. The lowest BCUT2D eigenvalue weighted by Gasteiger charge is -2.17. The third-order valence-electron chi connectivity index (χ3n) is 2.52. The predicted octanol–water partition coefficient (Wildman–Crippen LogP) is 2.60. The van der Waals surface area contributed by atoms with E-state index in [0.29, 0.717) is 0 Å². The lowest BCUT2D eigenvalue weighted by Crippen LogP contribution is -2.37. The van der Waals surface area contributed by atoms with Gasteiger partial charge in [0, 0.05) is 5.56 Å². The molecule has 0 atom stereocenters. The molecular weight excluding hydrogens is 321 g/mol. The first kappa shape index (κ1) is 16.0. The number of alkyl halides is 2. The molecule has 2 aromatic rings. The van der Waals surface area contributed by atoms with E-state index in [9.17, 15) is 18.0 Å². The number of halogens is 3. The molecule has 0 fully saturated rings. The van der Waals surface area contributed by atoms with Crippen molar-refractivity contribution in [3.63, 3.8) is 0 Å². The van der Waals surface area contributed by atoms with E-state index in [1.165, 1.54) is 13.2 Å². The maximum Gasteiger partial charge on any atom is 0.321 e. The monoisotopic (exact) mass is 332 g/mol. The summed E-state index contributed by atoms with van der Waals surface area (Å²) in [5, 5.41) is 11.7. The Bertz CT molecular complexity index is 665. The van der Waals surface area contributed by atoms with Crippen LogP contribution in [0.4, 0.5) is 23.1 Å².